The van der Waals surface area contributed by atoms with Crippen LogP contribution in [0, 0.1) is 0 Å². The lowest BCUT2D eigenvalue weighted by Crippen LogP contribution is -2.44. The van der Waals surface area contributed by atoms with Crippen molar-refractivity contribution in [1.29, 1.82) is 0 Å². The van der Waals surface area contributed by atoms with Gasteiger partial charge >= 0.3 is 0 Å². The molecule has 0 aromatic rings. The second kappa shape index (κ2) is 5.97. The Kier molecular flexibility index (Phi) is 5.66. The van der Waals surface area contributed by atoms with E-state index < -0.39 is 6.04 Å². The third-order valence-electron chi connectivity index (χ3n) is 1.73. The van der Waals surface area contributed by atoms with Crippen LogP contribution in [-0.2, 0) is 4.79 Å². The molecule has 4 nitrogen and oxygen atoms in total. The lowest BCUT2D eigenvalue weighted by atomic mass is 10.2. The summed E-state index contributed by atoms with van der Waals surface area (Å²) < 4.78 is 0. The zero-order valence-corrected chi connectivity index (χ0v) is 7.71. The number of nitrogens with two attached hydrogens (primary N) is 1. The van der Waals surface area contributed by atoms with Crippen LogP contribution < -0.4 is 11.1 Å². The van der Waals surface area contributed by atoms with Crippen molar-refractivity contribution >= 4 is 5.91 Å². The Labute approximate surface area is 73.1 Å². The number of rotatable bonds is 5. The number of aliphatic hydroxyl groups excluding tert-OH is 1. The molecular weight excluding hydrogens is 156 g/mol. The summed E-state index contributed by atoms with van der Waals surface area (Å²) in [6.07, 6.45) is 1.21. The van der Waals surface area contributed by atoms with Crippen molar-refractivity contribution < 1.29 is 9.90 Å². The molecule has 1 unspecified atom stereocenters. The van der Waals surface area contributed by atoms with E-state index in [0.717, 1.165) is 0 Å². The minimum atomic E-state index is -0.425. The molecule has 0 fully saturated rings. The number of carbonyl (C=O) groups is 1. The first-order valence-electron chi connectivity index (χ1n) is 4.28. The maximum Gasteiger partial charge on any atom is 0.237 e. The normalized spacial score (nSPS) is 15.3. The van der Waals surface area contributed by atoms with Crippen LogP contribution in [0.2, 0.25) is 0 Å². The Bertz CT molecular complexity index is 139. The van der Waals surface area contributed by atoms with Gasteiger partial charge in [0.25, 0.3) is 0 Å². The molecule has 0 spiro atoms. The summed E-state index contributed by atoms with van der Waals surface area (Å²) in [5.74, 6) is -0.140. The zero-order chi connectivity index (χ0) is 9.56. The van der Waals surface area contributed by atoms with Crippen molar-refractivity contribution in [1.82, 2.24) is 5.32 Å². The van der Waals surface area contributed by atoms with Crippen LogP contribution in [0.3, 0.4) is 0 Å². The molecule has 2 atom stereocenters. The van der Waals surface area contributed by atoms with E-state index in [1.807, 2.05) is 13.8 Å². The van der Waals surface area contributed by atoms with Crippen LogP contribution in [0.4, 0.5) is 0 Å². The standard InChI is InChI=1S/C8H18N2O2/c1-3-7(9)8(12)10-6(2)4-5-11/h6-7,11H,3-5,9H2,1-2H3,(H,10,12)/t6?,7-/m0/s1. The topological polar surface area (TPSA) is 75.4 Å². The number of aliphatic hydroxyl groups is 1. The first kappa shape index (κ1) is 11.4. The molecule has 0 saturated carbocycles. The van der Waals surface area contributed by atoms with E-state index in [0.29, 0.717) is 12.8 Å². The van der Waals surface area contributed by atoms with Crippen molar-refractivity contribution in [2.24, 2.45) is 5.73 Å². The zero-order valence-electron chi connectivity index (χ0n) is 7.71. The molecule has 0 aliphatic heterocycles. The molecule has 4 heteroatoms. The average Bonchev–Trinajstić information content (AvgIpc) is 2.03. The van der Waals surface area contributed by atoms with Gasteiger partial charge in [0.15, 0.2) is 0 Å². The Balaban J connectivity index is 3.67. The summed E-state index contributed by atoms with van der Waals surface area (Å²) in [7, 11) is 0. The van der Waals surface area contributed by atoms with Gasteiger partial charge in [0.2, 0.25) is 5.91 Å². The molecule has 1 amide bonds. The van der Waals surface area contributed by atoms with Crippen molar-refractivity contribution in [3.63, 3.8) is 0 Å². The van der Waals surface area contributed by atoms with Crippen LogP contribution >= 0.6 is 0 Å². The fraction of sp³-hybridized carbons (Fsp3) is 0.875. The lowest BCUT2D eigenvalue weighted by molar-refractivity contribution is -0.123. The average molecular weight is 174 g/mol. The van der Waals surface area contributed by atoms with Crippen LogP contribution in [0.1, 0.15) is 26.7 Å². The molecule has 0 bridgehead atoms. The summed E-state index contributed by atoms with van der Waals surface area (Å²) in [5.41, 5.74) is 5.49. The van der Waals surface area contributed by atoms with E-state index in [2.05, 4.69) is 5.32 Å². The summed E-state index contributed by atoms with van der Waals surface area (Å²) in [6.45, 7) is 3.79. The van der Waals surface area contributed by atoms with E-state index >= 15 is 0 Å². The maximum absolute atomic E-state index is 11.1. The van der Waals surface area contributed by atoms with Gasteiger partial charge in [0, 0.05) is 12.6 Å². The molecule has 0 saturated heterocycles. The molecule has 12 heavy (non-hydrogen) atoms. The third kappa shape index (κ3) is 4.31. The molecular formula is C8H18N2O2. The number of hydrogen-bond donors (Lipinski definition) is 3. The minimum absolute atomic E-state index is 0.0000926. The number of nitrogens with one attached hydrogen (secondary N) is 1. The Morgan fingerprint density at radius 2 is 2.25 bits per heavy atom. The quantitative estimate of drug-likeness (QED) is 0.531. The molecule has 72 valence electrons. The molecule has 0 heterocycles. The van der Waals surface area contributed by atoms with Gasteiger partial charge in [-0.3, -0.25) is 4.79 Å². The van der Waals surface area contributed by atoms with Gasteiger partial charge in [-0.15, -0.1) is 0 Å². The highest BCUT2D eigenvalue weighted by Crippen LogP contribution is 1.91. The molecule has 0 aliphatic rings. The first-order valence-corrected chi connectivity index (χ1v) is 4.28. The molecule has 0 aliphatic carbocycles. The van der Waals surface area contributed by atoms with Crippen LogP contribution in [-0.4, -0.2) is 29.7 Å². The monoisotopic (exact) mass is 174 g/mol. The van der Waals surface area contributed by atoms with Gasteiger partial charge < -0.3 is 16.2 Å². The first-order chi connectivity index (χ1) is 5.61. The fourth-order valence-electron chi connectivity index (χ4n) is 0.801. The van der Waals surface area contributed by atoms with Gasteiger partial charge in [-0.2, -0.15) is 0 Å². The van der Waals surface area contributed by atoms with Crippen molar-refractivity contribution in [2.75, 3.05) is 6.61 Å². The molecule has 0 rings (SSSR count). The van der Waals surface area contributed by atoms with E-state index in [1.54, 1.807) is 0 Å². The lowest BCUT2D eigenvalue weighted by Gasteiger charge is -2.15. The van der Waals surface area contributed by atoms with Crippen LogP contribution in [0.5, 0.6) is 0 Å². The Morgan fingerprint density at radius 3 is 2.67 bits per heavy atom. The summed E-state index contributed by atoms with van der Waals surface area (Å²) in [5, 5.41) is 11.3. The largest absolute Gasteiger partial charge is 0.396 e. The number of hydrogen-bond acceptors (Lipinski definition) is 3. The predicted octanol–water partition coefficient (Wildman–Crippen LogP) is -0.389. The SMILES string of the molecule is CC[C@H](N)C(=O)NC(C)CCO. The summed E-state index contributed by atoms with van der Waals surface area (Å²) >= 11 is 0. The fourth-order valence-corrected chi connectivity index (χ4v) is 0.801. The third-order valence-corrected chi connectivity index (χ3v) is 1.73. The van der Waals surface area contributed by atoms with E-state index in [-0.39, 0.29) is 18.6 Å². The molecule has 0 aromatic carbocycles. The summed E-state index contributed by atoms with van der Waals surface area (Å²) in [4.78, 5) is 11.1. The van der Waals surface area contributed by atoms with Crippen LogP contribution in [0.25, 0.3) is 0 Å². The predicted molar refractivity (Wildman–Crippen MR) is 47.6 cm³/mol. The van der Waals surface area contributed by atoms with Gasteiger partial charge in [0.1, 0.15) is 0 Å². The smallest absolute Gasteiger partial charge is 0.237 e. The van der Waals surface area contributed by atoms with E-state index in [9.17, 15) is 4.79 Å². The second-order valence-corrected chi connectivity index (χ2v) is 2.94. The van der Waals surface area contributed by atoms with Crippen molar-refractivity contribution in [3.05, 3.63) is 0 Å². The highest BCUT2D eigenvalue weighted by molar-refractivity contribution is 5.81. The van der Waals surface area contributed by atoms with Gasteiger partial charge in [0.05, 0.1) is 6.04 Å². The van der Waals surface area contributed by atoms with Crippen molar-refractivity contribution in [3.8, 4) is 0 Å². The van der Waals surface area contributed by atoms with Gasteiger partial charge in [-0.1, -0.05) is 6.92 Å². The van der Waals surface area contributed by atoms with Crippen LogP contribution in [0.15, 0.2) is 0 Å². The van der Waals surface area contributed by atoms with Gasteiger partial charge in [-0.05, 0) is 19.8 Å². The highest BCUT2D eigenvalue weighted by atomic mass is 16.3. The van der Waals surface area contributed by atoms with Crippen molar-refractivity contribution in [2.45, 2.75) is 38.8 Å². The Morgan fingerprint density at radius 1 is 1.67 bits per heavy atom. The molecule has 0 aromatic heterocycles. The maximum atomic E-state index is 11.1. The second-order valence-electron chi connectivity index (χ2n) is 2.94. The molecule has 0 radical (unpaired) electrons. The number of amides is 1. The highest BCUT2D eigenvalue weighted by Gasteiger charge is 2.12. The molecule has 4 N–H and O–H groups in total. The summed E-state index contributed by atoms with van der Waals surface area (Å²) in [6, 6.07) is -0.425. The van der Waals surface area contributed by atoms with E-state index in [1.165, 1.54) is 0 Å². The van der Waals surface area contributed by atoms with Gasteiger partial charge in [-0.25, -0.2) is 0 Å². The number of carbonyl (C=O) groups excluding carboxylic acids is 1. The van der Waals surface area contributed by atoms with E-state index in [4.69, 9.17) is 10.8 Å². The minimum Gasteiger partial charge on any atom is -0.396 e. The Hall–Kier alpha value is -0.610.